The van der Waals surface area contributed by atoms with Gasteiger partial charge in [0.1, 0.15) is 11.9 Å². The third kappa shape index (κ3) is 1.83. The molecule has 1 unspecified atom stereocenters. The lowest BCUT2D eigenvalue weighted by molar-refractivity contribution is -0.167. The smallest absolute Gasteiger partial charge is 0.139 e. The molecular weight excluding hydrogens is 330 g/mol. The molecule has 2 heterocycles. The molecule has 0 aromatic carbocycles. The minimum Gasteiger partial charge on any atom is -0.388 e. The molecule has 0 aromatic rings. The van der Waals surface area contributed by atoms with Crippen molar-refractivity contribution in [2.45, 2.75) is 74.9 Å². The zero-order chi connectivity index (χ0) is 18.5. The second kappa shape index (κ2) is 5.07. The highest BCUT2D eigenvalue weighted by atomic mass is 16.5. The van der Waals surface area contributed by atoms with Crippen LogP contribution in [0.15, 0.2) is 23.3 Å². The van der Waals surface area contributed by atoms with Gasteiger partial charge in [0.2, 0.25) is 0 Å². The Balaban J connectivity index is 1.63. The Morgan fingerprint density at radius 3 is 2.77 bits per heavy atom. The average Bonchev–Trinajstić information content (AvgIpc) is 3.07. The van der Waals surface area contributed by atoms with Crippen LogP contribution in [0.1, 0.15) is 45.4 Å². The van der Waals surface area contributed by atoms with Gasteiger partial charge in [-0.2, -0.15) is 0 Å². The van der Waals surface area contributed by atoms with E-state index in [1.807, 2.05) is 19.0 Å². The topological polar surface area (TPSA) is 70.0 Å². The maximum Gasteiger partial charge on any atom is 0.139 e. The number of ketones is 1. The standard InChI is InChI=1S/C21H29NO4/c1-19-7-6-12-10-13-17(24)18(25)14(22(2)3)11-20(13)8-9-21(12,26-20)15(19)4-5-16(19)23/h6,10,14-15,17-18,24-25H,4-5,7-9,11H2,1-3H3/t14-,15+,17+,18?,19-,20+,21+/m0/s1. The number of hydrogen-bond donors (Lipinski definition) is 2. The van der Waals surface area contributed by atoms with Crippen LogP contribution in [0, 0.1) is 11.3 Å². The van der Waals surface area contributed by atoms with Crippen LogP contribution in [0.25, 0.3) is 0 Å². The normalized spacial score (nSPS) is 52.3. The molecule has 5 aliphatic rings. The van der Waals surface area contributed by atoms with Crippen molar-refractivity contribution in [3.8, 4) is 0 Å². The summed E-state index contributed by atoms with van der Waals surface area (Å²) in [5, 5.41) is 21.5. The second-order valence-electron chi connectivity index (χ2n) is 9.55. The van der Waals surface area contributed by atoms with Crippen molar-refractivity contribution in [2.24, 2.45) is 11.3 Å². The summed E-state index contributed by atoms with van der Waals surface area (Å²) >= 11 is 0. The Morgan fingerprint density at radius 2 is 2.04 bits per heavy atom. The van der Waals surface area contributed by atoms with E-state index in [2.05, 4.69) is 19.1 Å². The highest BCUT2D eigenvalue weighted by molar-refractivity contribution is 5.88. The maximum absolute atomic E-state index is 12.6. The summed E-state index contributed by atoms with van der Waals surface area (Å²) in [7, 11) is 3.89. The zero-order valence-electron chi connectivity index (χ0n) is 15.9. The molecule has 2 spiro atoms. The van der Waals surface area contributed by atoms with Crippen LogP contribution < -0.4 is 0 Å². The lowest BCUT2D eigenvalue weighted by Gasteiger charge is -2.55. The quantitative estimate of drug-likeness (QED) is 0.744. The number of carbonyl (C=O) groups excluding carboxylic acids is 1. The number of allylic oxidation sites excluding steroid dienone is 1. The fourth-order valence-electron chi connectivity index (χ4n) is 6.70. The van der Waals surface area contributed by atoms with Gasteiger partial charge in [-0.1, -0.05) is 19.1 Å². The Bertz CT molecular complexity index is 742. The number of aliphatic hydroxyl groups excluding tert-OH is 2. The molecule has 2 aliphatic heterocycles. The first-order valence-electron chi connectivity index (χ1n) is 9.92. The molecule has 2 N–H and O–H groups in total. The van der Waals surface area contributed by atoms with Crippen molar-refractivity contribution < 1.29 is 19.7 Å². The van der Waals surface area contributed by atoms with Crippen molar-refractivity contribution >= 4 is 5.78 Å². The van der Waals surface area contributed by atoms with E-state index in [0.717, 1.165) is 36.8 Å². The highest BCUT2D eigenvalue weighted by Crippen LogP contribution is 2.65. The molecule has 2 saturated carbocycles. The van der Waals surface area contributed by atoms with Gasteiger partial charge < -0.3 is 19.8 Å². The van der Waals surface area contributed by atoms with E-state index < -0.39 is 17.8 Å². The van der Waals surface area contributed by atoms with Crippen LogP contribution in [-0.2, 0) is 9.53 Å². The lowest BCUT2D eigenvalue weighted by Crippen LogP contribution is -2.62. The molecule has 7 atom stereocenters. The third-order valence-electron chi connectivity index (χ3n) is 8.22. The van der Waals surface area contributed by atoms with Gasteiger partial charge in [0.25, 0.3) is 0 Å². The van der Waals surface area contributed by atoms with Crippen molar-refractivity contribution in [3.63, 3.8) is 0 Å². The largest absolute Gasteiger partial charge is 0.388 e. The van der Waals surface area contributed by atoms with E-state index in [9.17, 15) is 15.0 Å². The third-order valence-corrected chi connectivity index (χ3v) is 8.22. The monoisotopic (exact) mass is 359 g/mol. The summed E-state index contributed by atoms with van der Waals surface area (Å²) in [5.41, 5.74) is 0.771. The van der Waals surface area contributed by atoms with Crippen LogP contribution >= 0.6 is 0 Å². The molecule has 26 heavy (non-hydrogen) atoms. The number of fused-ring (bicyclic) bond motifs is 1. The first-order valence-corrected chi connectivity index (χ1v) is 9.92. The molecular formula is C21H29NO4. The maximum atomic E-state index is 12.6. The molecule has 0 radical (unpaired) electrons. The van der Waals surface area contributed by atoms with Crippen LogP contribution in [-0.4, -0.2) is 64.4 Å². The lowest BCUT2D eigenvalue weighted by atomic mass is 9.61. The van der Waals surface area contributed by atoms with Gasteiger partial charge in [0, 0.05) is 23.8 Å². The average molecular weight is 359 g/mol. The molecule has 5 heteroatoms. The molecule has 5 rings (SSSR count). The van der Waals surface area contributed by atoms with Crippen molar-refractivity contribution in [3.05, 3.63) is 23.3 Å². The summed E-state index contributed by atoms with van der Waals surface area (Å²) in [4.78, 5) is 14.6. The number of hydrogen-bond acceptors (Lipinski definition) is 5. The minimum atomic E-state index is -0.897. The Kier molecular flexibility index (Phi) is 3.34. The number of carbonyl (C=O) groups is 1. The number of ether oxygens (including phenoxy) is 1. The Hall–Kier alpha value is -1.01. The molecule has 3 fully saturated rings. The molecule has 3 aliphatic carbocycles. The summed E-state index contributed by atoms with van der Waals surface area (Å²) in [6, 6.07) is -0.136. The number of likely N-dealkylation sites (N-methyl/N-ethyl adjacent to an activating group) is 1. The fourth-order valence-corrected chi connectivity index (χ4v) is 6.70. The van der Waals surface area contributed by atoms with Crippen molar-refractivity contribution in [1.82, 2.24) is 4.90 Å². The summed E-state index contributed by atoms with van der Waals surface area (Å²) < 4.78 is 6.92. The van der Waals surface area contributed by atoms with E-state index in [4.69, 9.17) is 4.74 Å². The zero-order valence-corrected chi connectivity index (χ0v) is 15.9. The Morgan fingerprint density at radius 1 is 1.27 bits per heavy atom. The number of Topliss-reactive ketones (excluding diaryl/α,β-unsaturated/α-hetero) is 1. The molecule has 0 amide bonds. The first-order chi connectivity index (χ1) is 12.2. The van der Waals surface area contributed by atoms with Crippen LogP contribution in [0.4, 0.5) is 0 Å². The van der Waals surface area contributed by atoms with Crippen LogP contribution in [0.3, 0.4) is 0 Å². The van der Waals surface area contributed by atoms with Crippen molar-refractivity contribution in [2.75, 3.05) is 14.1 Å². The SMILES string of the molecule is CN(C)[C@H]1C[C@@]23CC[C@@]4(O2)C(=CC[C@]2(C)C(=O)CC[C@H]24)C=C3[C@@H](O)C1O. The molecule has 5 nitrogen and oxygen atoms in total. The second-order valence-corrected chi connectivity index (χ2v) is 9.55. The van der Waals surface area contributed by atoms with Gasteiger partial charge in [-0.3, -0.25) is 4.79 Å². The number of nitrogens with zero attached hydrogens (tertiary/aromatic N) is 1. The van der Waals surface area contributed by atoms with Gasteiger partial charge in [-0.25, -0.2) is 0 Å². The molecule has 142 valence electrons. The fraction of sp³-hybridized carbons (Fsp3) is 0.762. The first kappa shape index (κ1) is 17.1. The highest BCUT2D eigenvalue weighted by Gasteiger charge is 2.68. The van der Waals surface area contributed by atoms with E-state index in [1.54, 1.807) is 0 Å². The van der Waals surface area contributed by atoms with E-state index in [1.165, 1.54) is 0 Å². The van der Waals surface area contributed by atoms with E-state index in [0.29, 0.717) is 18.6 Å². The minimum absolute atomic E-state index is 0.136. The van der Waals surface area contributed by atoms with Gasteiger partial charge in [-0.15, -0.1) is 0 Å². The predicted molar refractivity (Wildman–Crippen MR) is 96.5 cm³/mol. The molecule has 2 bridgehead atoms. The summed E-state index contributed by atoms with van der Waals surface area (Å²) in [6.45, 7) is 2.12. The molecule has 1 saturated heterocycles. The van der Waals surface area contributed by atoms with Gasteiger partial charge in [0.05, 0.1) is 17.3 Å². The summed E-state index contributed by atoms with van der Waals surface area (Å²) in [5.74, 6) is 0.596. The van der Waals surface area contributed by atoms with E-state index in [-0.39, 0.29) is 23.0 Å². The number of rotatable bonds is 1. The van der Waals surface area contributed by atoms with Gasteiger partial charge in [-0.05, 0) is 57.3 Å². The predicted octanol–water partition coefficient (Wildman–Crippen LogP) is 1.59. The van der Waals surface area contributed by atoms with Crippen LogP contribution in [0.2, 0.25) is 0 Å². The molecule has 0 aromatic heterocycles. The van der Waals surface area contributed by atoms with Gasteiger partial charge >= 0.3 is 0 Å². The Labute approximate surface area is 154 Å². The van der Waals surface area contributed by atoms with Crippen molar-refractivity contribution in [1.29, 1.82) is 0 Å². The summed E-state index contributed by atoms with van der Waals surface area (Å²) in [6.07, 6.45) is 7.32. The van der Waals surface area contributed by atoms with E-state index >= 15 is 0 Å². The van der Waals surface area contributed by atoms with Gasteiger partial charge in [0.15, 0.2) is 0 Å². The van der Waals surface area contributed by atoms with Crippen LogP contribution in [0.5, 0.6) is 0 Å². The number of aliphatic hydroxyl groups is 2.